The molecule has 0 amide bonds. The molecule has 0 atom stereocenters. The lowest BCUT2D eigenvalue weighted by molar-refractivity contribution is 0.163. The summed E-state index contributed by atoms with van der Waals surface area (Å²) in [6, 6.07) is 8.81. The Morgan fingerprint density at radius 1 is 1.00 bits per heavy atom. The molecule has 1 fully saturated rings. The molecule has 2 nitrogen and oxygen atoms in total. The van der Waals surface area contributed by atoms with Gasteiger partial charge in [0.05, 0.1) is 0 Å². The number of benzene rings is 1. The van der Waals surface area contributed by atoms with E-state index in [1.165, 1.54) is 56.7 Å². The van der Waals surface area contributed by atoms with E-state index in [1.807, 2.05) is 0 Å². The van der Waals surface area contributed by atoms with Gasteiger partial charge in [0, 0.05) is 32.7 Å². The van der Waals surface area contributed by atoms with E-state index in [-0.39, 0.29) is 0 Å². The first-order valence-electron chi connectivity index (χ1n) is 6.99. The maximum Gasteiger partial charge on any atom is 0.0197 e. The highest BCUT2D eigenvalue weighted by Gasteiger charge is 2.16. The molecule has 2 aliphatic rings. The van der Waals surface area contributed by atoms with Gasteiger partial charge in [-0.2, -0.15) is 0 Å². The summed E-state index contributed by atoms with van der Waals surface area (Å²) in [6.07, 6.45) is 4.87. The monoisotopic (exact) mass is 242 g/mol. The van der Waals surface area contributed by atoms with Crippen molar-refractivity contribution < 1.29 is 0 Å². The minimum absolute atomic E-state index is 1.17. The van der Waals surface area contributed by atoms with Crippen LogP contribution >= 0.6 is 0 Å². The van der Waals surface area contributed by atoms with Crippen LogP contribution in [0.3, 0.4) is 0 Å². The normalized spacial score (nSPS) is 21.5. The van der Waals surface area contributed by atoms with Gasteiger partial charge in [-0.25, -0.2) is 0 Å². The summed E-state index contributed by atoms with van der Waals surface area (Å²) in [5.41, 5.74) is 4.56. The van der Waals surface area contributed by atoms with E-state index >= 15 is 0 Å². The second-order valence-electron chi connectivity index (χ2n) is 5.58. The van der Waals surface area contributed by atoms with E-state index in [0.29, 0.717) is 0 Å². The maximum absolute atomic E-state index is 2.60. The van der Waals surface area contributed by atoms with Gasteiger partial charge in [-0.15, -0.1) is 0 Å². The Balaban J connectivity index is 1.66. The maximum atomic E-state index is 2.60. The molecule has 1 aliphatic heterocycles. The van der Waals surface area contributed by atoms with Crippen LogP contribution in [0.15, 0.2) is 29.8 Å². The van der Waals surface area contributed by atoms with Crippen LogP contribution in [0.5, 0.6) is 0 Å². The second kappa shape index (κ2) is 5.25. The van der Waals surface area contributed by atoms with E-state index in [0.717, 1.165) is 0 Å². The van der Waals surface area contributed by atoms with Crippen molar-refractivity contribution in [3.63, 3.8) is 0 Å². The van der Waals surface area contributed by atoms with Gasteiger partial charge in [0.1, 0.15) is 0 Å². The topological polar surface area (TPSA) is 6.48 Å². The number of rotatable bonds is 2. The van der Waals surface area contributed by atoms with Crippen molar-refractivity contribution in [2.24, 2.45) is 0 Å². The fourth-order valence-corrected chi connectivity index (χ4v) is 2.91. The molecule has 1 aromatic carbocycles. The lowest BCUT2D eigenvalue weighted by Gasteiger charge is -2.33. The van der Waals surface area contributed by atoms with E-state index in [4.69, 9.17) is 0 Å². The molecule has 3 rings (SSSR count). The van der Waals surface area contributed by atoms with Crippen molar-refractivity contribution in [1.82, 2.24) is 9.80 Å². The van der Waals surface area contributed by atoms with E-state index < -0.39 is 0 Å². The molecule has 0 N–H and O–H groups in total. The van der Waals surface area contributed by atoms with Gasteiger partial charge in [0.15, 0.2) is 0 Å². The van der Waals surface area contributed by atoms with Gasteiger partial charge < -0.3 is 4.90 Å². The van der Waals surface area contributed by atoms with Crippen molar-refractivity contribution in [2.45, 2.75) is 12.8 Å². The van der Waals surface area contributed by atoms with Gasteiger partial charge in [0.2, 0.25) is 0 Å². The van der Waals surface area contributed by atoms with Crippen LogP contribution in [-0.4, -0.2) is 49.6 Å². The van der Waals surface area contributed by atoms with Crippen LogP contribution in [-0.2, 0) is 6.42 Å². The van der Waals surface area contributed by atoms with Gasteiger partial charge >= 0.3 is 0 Å². The Kier molecular flexibility index (Phi) is 3.48. The van der Waals surface area contributed by atoms with Crippen molar-refractivity contribution in [3.05, 3.63) is 41.0 Å². The first-order chi connectivity index (χ1) is 8.81. The molecule has 96 valence electrons. The Bertz CT molecular complexity index is 442. The van der Waals surface area contributed by atoms with E-state index in [9.17, 15) is 0 Å². The Hall–Kier alpha value is -1.12. The standard InChI is InChI=1S/C16H22N2/c1-17-8-10-18(11-9-17)13-14-6-7-15-4-2-3-5-16(15)12-14/h2-5,12H,6-11,13H2,1H3. The van der Waals surface area contributed by atoms with Gasteiger partial charge in [0.25, 0.3) is 0 Å². The fourth-order valence-electron chi connectivity index (χ4n) is 2.91. The third-order valence-electron chi connectivity index (χ3n) is 4.15. The molecule has 0 bridgehead atoms. The summed E-state index contributed by atoms with van der Waals surface area (Å²) >= 11 is 0. The predicted octanol–water partition coefficient (Wildman–Crippen LogP) is 2.26. The number of aryl methyl sites for hydroxylation is 1. The van der Waals surface area contributed by atoms with Gasteiger partial charge in [-0.1, -0.05) is 35.9 Å². The number of likely N-dealkylation sites (N-methyl/N-ethyl adjacent to an activating group) is 1. The predicted molar refractivity (Wildman–Crippen MR) is 76.7 cm³/mol. The Morgan fingerprint density at radius 2 is 1.78 bits per heavy atom. The molecular weight excluding hydrogens is 220 g/mol. The van der Waals surface area contributed by atoms with Crippen LogP contribution in [0.4, 0.5) is 0 Å². The average Bonchev–Trinajstić information content (AvgIpc) is 2.41. The molecule has 1 saturated heterocycles. The average molecular weight is 242 g/mol. The minimum atomic E-state index is 1.17. The number of piperazine rings is 1. The first kappa shape index (κ1) is 11.9. The van der Waals surface area contributed by atoms with Crippen molar-refractivity contribution in [3.8, 4) is 0 Å². The first-order valence-corrected chi connectivity index (χ1v) is 6.99. The number of fused-ring (bicyclic) bond motifs is 1. The SMILES string of the molecule is CN1CCN(CC2=Cc3ccccc3CC2)CC1. The molecule has 0 aromatic heterocycles. The molecular formula is C16H22N2. The Morgan fingerprint density at radius 3 is 2.61 bits per heavy atom. The third-order valence-corrected chi connectivity index (χ3v) is 4.15. The number of hydrogen-bond donors (Lipinski definition) is 0. The molecule has 0 radical (unpaired) electrons. The Labute approximate surface area is 110 Å². The highest BCUT2D eigenvalue weighted by atomic mass is 15.2. The van der Waals surface area contributed by atoms with Crippen LogP contribution in [0.1, 0.15) is 17.5 Å². The highest BCUT2D eigenvalue weighted by molar-refractivity contribution is 5.59. The molecule has 18 heavy (non-hydrogen) atoms. The van der Waals surface area contributed by atoms with E-state index in [1.54, 1.807) is 5.57 Å². The quantitative estimate of drug-likeness (QED) is 0.785. The van der Waals surface area contributed by atoms with Crippen LogP contribution in [0.2, 0.25) is 0 Å². The molecule has 0 unspecified atom stereocenters. The largest absolute Gasteiger partial charge is 0.304 e. The molecule has 1 heterocycles. The van der Waals surface area contributed by atoms with Crippen LogP contribution in [0, 0.1) is 0 Å². The fraction of sp³-hybridized carbons (Fsp3) is 0.500. The van der Waals surface area contributed by atoms with Crippen LogP contribution < -0.4 is 0 Å². The zero-order valence-corrected chi connectivity index (χ0v) is 11.2. The summed E-state index contributed by atoms with van der Waals surface area (Å²) in [5.74, 6) is 0. The molecule has 1 aromatic rings. The third kappa shape index (κ3) is 2.65. The molecule has 0 spiro atoms. The molecule has 2 heteroatoms. The number of hydrogen-bond acceptors (Lipinski definition) is 2. The van der Waals surface area contributed by atoms with Crippen molar-refractivity contribution in [2.75, 3.05) is 39.8 Å². The molecule has 1 aliphatic carbocycles. The highest BCUT2D eigenvalue weighted by Crippen LogP contribution is 2.24. The zero-order valence-electron chi connectivity index (χ0n) is 11.2. The summed E-state index contributed by atoms with van der Waals surface area (Å²) in [5, 5.41) is 0. The van der Waals surface area contributed by atoms with Crippen LogP contribution in [0.25, 0.3) is 6.08 Å². The number of nitrogens with zero attached hydrogens (tertiary/aromatic N) is 2. The zero-order chi connectivity index (χ0) is 12.4. The lowest BCUT2D eigenvalue weighted by atomic mass is 9.92. The van der Waals surface area contributed by atoms with Gasteiger partial charge in [-0.05, 0) is 31.0 Å². The summed E-state index contributed by atoms with van der Waals surface area (Å²) in [6.45, 7) is 6.03. The van der Waals surface area contributed by atoms with E-state index in [2.05, 4.69) is 47.2 Å². The second-order valence-corrected chi connectivity index (χ2v) is 5.58. The lowest BCUT2D eigenvalue weighted by Crippen LogP contribution is -2.45. The smallest absolute Gasteiger partial charge is 0.0197 e. The van der Waals surface area contributed by atoms with Crippen molar-refractivity contribution in [1.29, 1.82) is 0 Å². The summed E-state index contributed by atoms with van der Waals surface area (Å²) in [4.78, 5) is 5.01. The minimum Gasteiger partial charge on any atom is -0.304 e. The summed E-state index contributed by atoms with van der Waals surface area (Å²) in [7, 11) is 2.22. The summed E-state index contributed by atoms with van der Waals surface area (Å²) < 4.78 is 0. The van der Waals surface area contributed by atoms with Crippen molar-refractivity contribution >= 4 is 6.08 Å². The molecule has 0 saturated carbocycles. The van der Waals surface area contributed by atoms with Gasteiger partial charge in [-0.3, -0.25) is 4.90 Å².